The number of amides is 1. The van der Waals surface area contributed by atoms with Crippen molar-refractivity contribution in [3.8, 4) is 0 Å². The predicted octanol–water partition coefficient (Wildman–Crippen LogP) is 4.26. The summed E-state index contributed by atoms with van der Waals surface area (Å²) >= 11 is 1.43. The van der Waals surface area contributed by atoms with Crippen LogP contribution in [0.1, 0.15) is 35.0 Å². The topological polar surface area (TPSA) is 54.9 Å². The van der Waals surface area contributed by atoms with Gasteiger partial charge in [-0.2, -0.15) is 0 Å². The van der Waals surface area contributed by atoms with Crippen molar-refractivity contribution in [2.45, 2.75) is 32.6 Å². The van der Waals surface area contributed by atoms with Gasteiger partial charge in [-0.15, -0.1) is 10.2 Å². The van der Waals surface area contributed by atoms with Gasteiger partial charge < -0.3 is 5.32 Å². The fourth-order valence-corrected chi connectivity index (χ4v) is 3.32. The van der Waals surface area contributed by atoms with E-state index in [1.165, 1.54) is 28.0 Å². The molecule has 0 saturated carbocycles. The molecular formula is C20H21N3OS. The van der Waals surface area contributed by atoms with Crippen molar-refractivity contribution in [1.29, 1.82) is 0 Å². The van der Waals surface area contributed by atoms with Crippen LogP contribution in [0.2, 0.25) is 0 Å². The molecule has 0 atom stereocenters. The van der Waals surface area contributed by atoms with E-state index in [1.807, 2.05) is 18.2 Å². The quantitative estimate of drug-likeness (QED) is 0.692. The van der Waals surface area contributed by atoms with Crippen LogP contribution in [0.4, 0.5) is 5.13 Å². The first-order chi connectivity index (χ1) is 12.2. The summed E-state index contributed by atoms with van der Waals surface area (Å²) in [5, 5.41) is 12.5. The molecule has 3 aromatic rings. The van der Waals surface area contributed by atoms with Gasteiger partial charge in [-0.25, -0.2) is 0 Å². The third kappa shape index (κ3) is 5.22. The van der Waals surface area contributed by atoms with Gasteiger partial charge in [0.2, 0.25) is 11.0 Å². The number of rotatable bonds is 7. The van der Waals surface area contributed by atoms with E-state index in [-0.39, 0.29) is 5.91 Å². The summed E-state index contributed by atoms with van der Waals surface area (Å²) in [6, 6.07) is 18.5. The van der Waals surface area contributed by atoms with Crippen molar-refractivity contribution in [1.82, 2.24) is 10.2 Å². The van der Waals surface area contributed by atoms with Crippen LogP contribution in [-0.2, 0) is 24.1 Å². The molecular weight excluding hydrogens is 330 g/mol. The molecule has 1 heterocycles. The maximum atomic E-state index is 12.1. The minimum Gasteiger partial charge on any atom is -0.301 e. The second-order valence-corrected chi connectivity index (χ2v) is 6.94. The highest BCUT2D eigenvalue weighted by molar-refractivity contribution is 7.15. The van der Waals surface area contributed by atoms with E-state index in [2.05, 4.69) is 58.8 Å². The second-order valence-electron chi connectivity index (χ2n) is 5.88. The summed E-state index contributed by atoms with van der Waals surface area (Å²) in [4.78, 5) is 12.1. The third-order valence-corrected chi connectivity index (χ3v) is 4.82. The van der Waals surface area contributed by atoms with E-state index in [4.69, 9.17) is 0 Å². The molecule has 25 heavy (non-hydrogen) atoms. The smallest absolute Gasteiger partial charge is 0.226 e. The Morgan fingerprint density at radius 3 is 2.40 bits per heavy atom. The van der Waals surface area contributed by atoms with Gasteiger partial charge in [0.15, 0.2) is 0 Å². The largest absolute Gasteiger partial charge is 0.301 e. The van der Waals surface area contributed by atoms with Crippen LogP contribution >= 0.6 is 11.3 Å². The fourth-order valence-electron chi connectivity index (χ4n) is 2.53. The van der Waals surface area contributed by atoms with E-state index in [1.54, 1.807) is 0 Å². The molecule has 5 heteroatoms. The molecule has 0 radical (unpaired) electrons. The molecule has 1 amide bonds. The van der Waals surface area contributed by atoms with Crippen molar-refractivity contribution >= 4 is 22.4 Å². The molecule has 128 valence electrons. The van der Waals surface area contributed by atoms with Crippen molar-refractivity contribution < 1.29 is 4.79 Å². The van der Waals surface area contributed by atoms with Crippen molar-refractivity contribution in [3.63, 3.8) is 0 Å². The Bertz CT molecular complexity index is 812. The van der Waals surface area contributed by atoms with Gasteiger partial charge in [-0.3, -0.25) is 4.79 Å². The molecule has 0 spiro atoms. The SMILES string of the molecule is CCc1ccc(CCC(=O)Nc2nnc(Cc3ccccc3)s2)cc1. The lowest BCUT2D eigenvalue weighted by molar-refractivity contribution is -0.116. The number of nitrogens with one attached hydrogen (secondary N) is 1. The standard InChI is InChI=1S/C20H21N3OS/c1-2-15-8-10-16(11-9-15)12-13-18(24)21-20-23-22-19(25-20)14-17-6-4-3-5-7-17/h3-11H,2,12-14H2,1H3,(H,21,23,24). The van der Waals surface area contributed by atoms with E-state index in [0.717, 1.165) is 24.3 Å². The number of anilines is 1. The number of carbonyl (C=O) groups is 1. The second kappa shape index (κ2) is 8.53. The molecule has 2 aromatic carbocycles. The van der Waals surface area contributed by atoms with Crippen LogP contribution in [0.25, 0.3) is 0 Å². The van der Waals surface area contributed by atoms with E-state index in [0.29, 0.717) is 11.6 Å². The highest BCUT2D eigenvalue weighted by Gasteiger charge is 2.09. The maximum Gasteiger partial charge on any atom is 0.226 e. The molecule has 0 aliphatic rings. The average molecular weight is 351 g/mol. The minimum absolute atomic E-state index is 0.0259. The van der Waals surface area contributed by atoms with Gasteiger partial charge in [0.25, 0.3) is 0 Å². The number of aromatic nitrogens is 2. The summed E-state index contributed by atoms with van der Waals surface area (Å²) in [5.74, 6) is -0.0259. The first-order valence-corrected chi connectivity index (χ1v) is 9.28. The van der Waals surface area contributed by atoms with Gasteiger partial charge in [0.1, 0.15) is 5.01 Å². The van der Waals surface area contributed by atoms with Crippen molar-refractivity contribution in [3.05, 3.63) is 76.3 Å². The summed E-state index contributed by atoms with van der Waals surface area (Å²) in [6.07, 6.45) is 2.94. The Morgan fingerprint density at radius 2 is 1.68 bits per heavy atom. The number of benzene rings is 2. The van der Waals surface area contributed by atoms with Crippen molar-refractivity contribution in [2.24, 2.45) is 0 Å². The number of hydrogen-bond donors (Lipinski definition) is 1. The van der Waals surface area contributed by atoms with E-state index >= 15 is 0 Å². The zero-order chi connectivity index (χ0) is 17.5. The van der Waals surface area contributed by atoms with Crippen LogP contribution < -0.4 is 5.32 Å². The van der Waals surface area contributed by atoms with Gasteiger partial charge in [-0.1, -0.05) is 72.9 Å². The highest BCUT2D eigenvalue weighted by Crippen LogP contribution is 2.19. The maximum absolute atomic E-state index is 12.1. The van der Waals surface area contributed by atoms with Crippen LogP contribution in [0.5, 0.6) is 0 Å². The van der Waals surface area contributed by atoms with Gasteiger partial charge in [-0.05, 0) is 29.5 Å². The van der Waals surface area contributed by atoms with Crippen molar-refractivity contribution in [2.75, 3.05) is 5.32 Å². The summed E-state index contributed by atoms with van der Waals surface area (Å²) in [5.41, 5.74) is 3.68. The molecule has 0 bridgehead atoms. The van der Waals surface area contributed by atoms with Crippen LogP contribution in [-0.4, -0.2) is 16.1 Å². The Kier molecular flexibility index (Phi) is 5.90. The van der Waals surface area contributed by atoms with Gasteiger partial charge >= 0.3 is 0 Å². The first-order valence-electron chi connectivity index (χ1n) is 8.47. The zero-order valence-corrected chi connectivity index (χ0v) is 15.1. The highest BCUT2D eigenvalue weighted by atomic mass is 32.1. The summed E-state index contributed by atoms with van der Waals surface area (Å²) < 4.78 is 0. The van der Waals surface area contributed by atoms with Crippen LogP contribution in [0, 0.1) is 0 Å². The monoisotopic (exact) mass is 351 g/mol. The molecule has 1 N–H and O–H groups in total. The van der Waals surface area contributed by atoms with Crippen LogP contribution in [0.3, 0.4) is 0 Å². The van der Waals surface area contributed by atoms with Gasteiger partial charge in [0.05, 0.1) is 0 Å². The number of carbonyl (C=O) groups excluding carboxylic acids is 1. The lowest BCUT2D eigenvalue weighted by atomic mass is 10.1. The summed E-state index contributed by atoms with van der Waals surface area (Å²) in [7, 11) is 0. The Balaban J connectivity index is 1.49. The minimum atomic E-state index is -0.0259. The Hall–Kier alpha value is -2.53. The molecule has 0 saturated heterocycles. The van der Waals surface area contributed by atoms with Crippen LogP contribution in [0.15, 0.2) is 54.6 Å². The molecule has 3 rings (SSSR count). The average Bonchev–Trinajstić information content (AvgIpc) is 3.08. The number of nitrogens with zero attached hydrogens (tertiary/aromatic N) is 2. The normalized spacial score (nSPS) is 10.6. The zero-order valence-electron chi connectivity index (χ0n) is 14.2. The Labute approximate surface area is 151 Å². The number of hydrogen-bond acceptors (Lipinski definition) is 4. The molecule has 4 nitrogen and oxygen atoms in total. The van der Waals surface area contributed by atoms with E-state index in [9.17, 15) is 4.79 Å². The van der Waals surface area contributed by atoms with E-state index < -0.39 is 0 Å². The molecule has 1 aromatic heterocycles. The molecule has 0 aliphatic carbocycles. The first kappa shape index (κ1) is 17.3. The molecule has 0 unspecified atom stereocenters. The van der Waals surface area contributed by atoms with Gasteiger partial charge in [0, 0.05) is 12.8 Å². The number of aryl methyl sites for hydroxylation is 2. The lowest BCUT2D eigenvalue weighted by Gasteiger charge is -2.03. The molecule has 0 aliphatic heterocycles. The lowest BCUT2D eigenvalue weighted by Crippen LogP contribution is -2.12. The molecule has 0 fully saturated rings. The third-order valence-electron chi connectivity index (χ3n) is 3.98. The predicted molar refractivity (Wildman–Crippen MR) is 102 cm³/mol. The summed E-state index contributed by atoms with van der Waals surface area (Å²) in [6.45, 7) is 2.14. The Morgan fingerprint density at radius 1 is 0.960 bits per heavy atom. The fraction of sp³-hybridized carbons (Fsp3) is 0.250.